The number of Topliss-reactive ketones (excluding diaryl/α,β-unsaturated/α-hetero) is 1. The molecule has 1 fully saturated rings. The van der Waals surface area contributed by atoms with Crippen molar-refractivity contribution in [2.75, 3.05) is 6.54 Å². The quantitative estimate of drug-likeness (QED) is 0.840. The standard InChI is InChI=1S/C17H17N3O4/c18-16(22)11-5-6-13(19-10-11)17(23)20-7-1-3-12(20)9-14(21)15-4-2-8-24-15/h2,4-6,8,10,12H,1,3,7,9H2,(H2,18,22)/t12-/m1/s1. The molecule has 0 saturated carbocycles. The van der Waals surface area contributed by atoms with E-state index >= 15 is 0 Å². The molecular formula is C17H17N3O4. The van der Waals surface area contributed by atoms with Crippen LogP contribution in [0.15, 0.2) is 41.1 Å². The predicted octanol–water partition coefficient (Wildman–Crippen LogP) is 1.65. The zero-order valence-electron chi connectivity index (χ0n) is 13.0. The fourth-order valence-electron chi connectivity index (χ4n) is 2.88. The molecule has 0 aliphatic carbocycles. The summed E-state index contributed by atoms with van der Waals surface area (Å²) >= 11 is 0. The number of nitrogens with two attached hydrogens (primary N) is 1. The number of primary amides is 1. The fraction of sp³-hybridized carbons (Fsp3) is 0.294. The van der Waals surface area contributed by atoms with Gasteiger partial charge in [-0.05, 0) is 37.1 Å². The second kappa shape index (κ2) is 6.66. The monoisotopic (exact) mass is 327 g/mol. The van der Waals surface area contributed by atoms with Gasteiger partial charge in [-0.1, -0.05) is 0 Å². The highest BCUT2D eigenvalue weighted by Crippen LogP contribution is 2.23. The minimum Gasteiger partial charge on any atom is -0.461 e. The van der Waals surface area contributed by atoms with Crippen LogP contribution in [0.5, 0.6) is 0 Å². The van der Waals surface area contributed by atoms with E-state index < -0.39 is 5.91 Å². The Hall–Kier alpha value is -2.96. The molecule has 0 unspecified atom stereocenters. The molecule has 0 bridgehead atoms. The number of hydrogen-bond acceptors (Lipinski definition) is 5. The average Bonchev–Trinajstić information content (AvgIpc) is 3.26. The summed E-state index contributed by atoms with van der Waals surface area (Å²) in [5.74, 6) is -0.662. The molecule has 2 aromatic heterocycles. The molecule has 1 aliphatic rings. The van der Waals surface area contributed by atoms with E-state index in [0.717, 1.165) is 12.8 Å². The van der Waals surface area contributed by atoms with Gasteiger partial charge in [0.05, 0.1) is 11.8 Å². The molecule has 0 spiro atoms. The molecule has 2 N–H and O–H groups in total. The largest absolute Gasteiger partial charge is 0.461 e. The maximum Gasteiger partial charge on any atom is 0.272 e. The van der Waals surface area contributed by atoms with Gasteiger partial charge in [0, 0.05) is 25.2 Å². The number of rotatable bonds is 5. The van der Waals surface area contributed by atoms with E-state index in [1.54, 1.807) is 17.0 Å². The molecule has 7 nitrogen and oxygen atoms in total. The van der Waals surface area contributed by atoms with Crippen molar-refractivity contribution in [1.29, 1.82) is 0 Å². The molecule has 2 amide bonds. The summed E-state index contributed by atoms with van der Waals surface area (Å²) < 4.78 is 5.11. The second-order valence-electron chi connectivity index (χ2n) is 5.70. The number of aromatic nitrogens is 1. The van der Waals surface area contributed by atoms with Gasteiger partial charge in [0.1, 0.15) is 5.69 Å². The molecule has 1 atom stereocenters. The Morgan fingerprint density at radius 2 is 2.12 bits per heavy atom. The zero-order chi connectivity index (χ0) is 17.1. The zero-order valence-corrected chi connectivity index (χ0v) is 13.0. The Labute approximate surface area is 138 Å². The van der Waals surface area contributed by atoms with Gasteiger partial charge in [-0.2, -0.15) is 0 Å². The third kappa shape index (κ3) is 3.19. The Kier molecular flexibility index (Phi) is 4.41. The van der Waals surface area contributed by atoms with Crippen molar-refractivity contribution in [2.45, 2.75) is 25.3 Å². The first-order valence-corrected chi connectivity index (χ1v) is 7.70. The normalized spacial score (nSPS) is 17.0. The van der Waals surface area contributed by atoms with Crippen LogP contribution in [0.1, 0.15) is 50.7 Å². The highest BCUT2D eigenvalue weighted by Gasteiger charge is 2.32. The Morgan fingerprint density at radius 3 is 2.75 bits per heavy atom. The molecule has 1 aliphatic heterocycles. The lowest BCUT2D eigenvalue weighted by molar-refractivity contribution is 0.0707. The van der Waals surface area contributed by atoms with Crippen molar-refractivity contribution in [3.63, 3.8) is 0 Å². The van der Waals surface area contributed by atoms with Gasteiger partial charge < -0.3 is 15.1 Å². The molecular weight excluding hydrogens is 310 g/mol. The Bertz CT molecular complexity index is 753. The minimum absolute atomic E-state index is 0.123. The van der Waals surface area contributed by atoms with Gasteiger partial charge in [0.15, 0.2) is 11.5 Å². The number of ketones is 1. The number of carbonyl (C=O) groups excluding carboxylic acids is 3. The van der Waals surface area contributed by atoms with E-state index in [-0.39, 0.29) is 35.4 Å². The van der Waals surface area contributed by atoms with Gasteiger partial charge in [-0.15, -0.1) is 0 Å². The minimum atomic E-state index is -0.593. The van der Waals surface area contributed by atoms with Crippen molar-refractivity contribution in [1.82, 2.24) is 9.88 Å². The van der Waals surface area contributed by atoms with Crippen LogP contribution in [0.2, 0.25) is 0 Å². The van der Waals surface area contributed by atoms with Gasteiger partial charge >= 0.3 is 0 Å². The Balaban J connectivity index is 1.71. The van der Waals surface area contributed by atoms with Gasteiger partial charge in [0.25, 0.3) is 5.91 Å². The molecule has 1 saturated heterocycles. The maximum absolute atomic E-state index is 12.6. The average molecular weight is 327 g/mol. The van der Waals surface area contributed by atoms with Crippen LogP contribution in [0.4, 0.5) is 0 Å². The summed E-state index contributed by atoms with van der Waals surface area (Å²) in [6.07, 6.45) is 4.56. The molecule has 24 heavy (non-hydrogen) atoms. The summed E-state index contributed by atoms with van der Waals surface area (Å²) in [6.45, 7) is 0.578. The topological polar surface area (TPSA) is 106 Å². The number of hydrogen-bond donors (Lipinski definition) is 1. The van der Waals surface area contributed by atoms with Crippen molar-refractivity contribution in [2.24, 2.45) is 5.73 Å². The molecule has 0 aromatic carbocycles. The number of likely N-dealkylation sites (tertiary alicyclic amines) is 1. The van der Waals surface area contributed by atoms with E-state index in [0.29, 0.717) is 12.3 Å². The highest BCUT2D eigenvalue weighted by atomic mass is 16.3. The summed E-state index contributed by atoms with van der Waals surface area (Å²) in [4.78, 5) is 41.5. The smallest absolute Gasteiger partial charge is 0.272 e. The van der Waals surface area contributed by atoms with Crippen LogP contribution < -0.4 is 5.73 Å². The Morgan fingerprint density at radius 1 is 1.29 bits per heavy atom. The van der Waals surface area contributed by atoms with E-state index in [4.69, 9.17) is 10.2 Å². The predicted molar refractivity (Wildman–Crippen MR) is 84.5 cm³/mol. The third-order valence-corrected chi connectivity index (χ3v) is 4.12. The lowest BCUT2D eigenvalue weighted by Gasteiger charge is -2.23. The van der Waals surface area contributed by atoms with Crippen LogP contribution in [0.3, 0.4) is 0 Å². The number of carbonyl (C=O) groups is 3. The van der Waals surface area contributed by atoms with E-state index in [1.807, 2.05) is 0 Å². The molecule has 0 radical (unpaired) electrons. The first-order valence-electron chi connectivity index (χ1n) is 7.70. The van der Waals surface area contributed by atoms with Crippen LogP contribution in [0.25, 0.3) is 0 Å². The van der Waals surface area contributed by atoms with Gasteiger partial charge in [0.2, 0.25) is 5.91 Å². The summed E-state index contributed by atoms with van der Waals surface area (Å²) in [6, 6.07) is 6.06. The summed E-state index contributed by atoms with van der Waals surface area (Å²) in [5.41, 5.74) is 5.65. The molecule has 2 aromatic rings. The van der Waals surface area contributed by atoms with Crippen molar-refractivity contribution in [3.8, 4) is 0 Å². The van der Waals surface area contributed by atoms with E-state index in [2.05, 4.69) is 4.98 Å². The molecule has 7 heteroatoms. The van der Waals surface area contributed by atoms with Crippen LogP contribution >= 0.6 is 0 Å². The van der Waals surface area contributed by atoms with Crippen molar-refractivity contribution >= 4 is 17.6 Å². The first kappa shape index (κ1) is 15.9. The lowest BCUT2D eigenvalue weighted by atomic mass is 10.1. The fourth-order valence-corrected chi connectivity index (χ4v) is 2.88. The maximum atomic E-state index is 12.6. The van der Waals surface area contributed by atoms with Crippen LogP contribution in [-0.4, -0.2) is 40.1 Å². The molecule has 3 rings (SSSR count). The van der Waals surface area contributed by atoms with Crippen molar-refractivity contribution < 1.29 is 18.8 Å². The summed E-state index contributed by atoms with van der Waals surface area (Å²) in [7, 11) is 0. The third-order valence-electron chi connectivity index (χ3n) is 4.12. The first-order chi connectivity index (χ1) is 11.6. The number of amides is 2. The van der Waals surface area contributed by atoms with Crippen molar-refractivity contribution in [3.05, 3.63) is 53.7 Å². The highest BCUT2D eigenvalue weighted by molar-refractivity contribution is 5.97. The van der Waals surface area contributed by atoms with Crippen LogP contribution in [-0.2, 0) is 0 Å². The van der Waals surface area contributed by atoms with Crippen LogP contribution in [0, 0.1) is 0 Å². The number of pyridine rings is 1. The van der Waals surface area contributed by atoms with Gasteiger partial charge in [-0.3, -0.25) is 19.4 Å². The summed E-state index contributed by atoms with van der Waals surface area (Å²) in [5, 5.41) is 0. The lowest BCUT2D eigenvalue weighted by Crippen LogP contribution is -2.37. The molecule has 3 heterocycles. The van der Waals surface area contributed by atoms with E-state index in [9.17, 15) is 14.4 Å². The van der Waals surface area contributed by atoms with Gasteiger partial charge in [-0.25, -0.2) is 0 Å². The SMILES string of the molecule is NC(=O)c1ccc(C(=O)N2CCC[C@@H]2CC(=O)c2ccco2)nc1. The number of nitrogens with zero attached hydrogens (tertiary/aromatic N) is 2. The molecule has 124 valence electrons. The van der Waals surface area contributed by atoms with E-state index in [1.165, 1.54) is 24.6 Å². The second-order valence-corrected chi connectivity index (χ2v) is 5.70. The number of furan rings is 1.